The van der Waals surface area contributed by atoms with Gasteiger partial charge in [0.1, 0.15) is 30.5 Å². The van der Waals surface area contributed by atoms with Crippen molar-refractivity contribution in [2.24, 2.45) is 0 Å². The summed E-state index contributed by atoms with van der Waals surface area (Å²) < 4.78 is 173. The molecular weight excluding hydrogens is 540 g/mol. The molecule has 1 saturated carbocycles. The Labute approximate surface area is 168 Å². The smallest absolute Gasteiger partial charge is 0.264 e. The summed E-state index contributed by atoms with van der Waals surface area (Å²) in [6.45, 7) is 0. The fourth-order valence-corrected chi connectivity index (χ4v) is 4.68. The Bertz CT molecular complexity index is 925. The summed E-state index contributed by atoms with van der Waals surface area (Å²) in [5.41, 5.74) is 0. The van der Waals surface area contributed by atoms with Crippen molar-refractivity contribution in [1.82, 2.24) is 0 Å². The molecule has 5 N–H and O–H groups in total. The van der Waals surface area contributed by atoms with Gasteiger partial charge >= 0.3 is 52.0 Å². The molecule has 0 aromatic rings. The van der Waals surface area contributed by atoms with Crippen LogP contribution >= 0.6 is 0 Å². The van der Waals surface area contributed by atoms with Crippen LogP contribution in [0.2, 0.25) is 0 Å². The largest absolute Gasteiger partial charge is 0.397 e. The molecule has 0 aromatic carbocycles. The molecule has 0 atom stereocenters. The van der Waals surface area contributed by atoms with Crippen molar-refractivity contribution in [3.63, 3.8) is 0 Å². The van der Waals surface area contributed by atoms with Crippen molar-refractivity contribution < 1.29 is 85.8 Å². The summed E-state index contributed by atoms with van der Waals surface area (Å²) >= 11 is 0. The molecule has 1 fully saturated rings. The van der Waals surface area contributed by atoms with Crippen LogP contribution < -0.4 is 0 Å². The van der Waals surface area contributed by atoms with E-state index in [4.69, 9.17) is 22.8 Å². The fourth-order valence-electron chi connectivity index (χ4n) is 2.18. The predicted octanol–water partition coefficient (Wildman–Crippen LogP) is -4.06. The van der Waals surface area contributed by atoms with E-state index in [1.165, 1.54) is 0 Å². The number of hydrogen-bond donors (Lipinski definition) is 5. The molecule has 0 spiro atoms. The summed E-state index contributed by atoms with van der Waals surface area (Å²) in [7, 11) is -28.8. The van der Waals surface area contributed by atoms with Crippen LogP contribution in [0.15, 0.2) is 0 Å². The van der Waals surface area contributed by atoms with E-state index >= 15 is 0 Å². The van der Waals surface area contributed by atoms with E-state index in [0.717, 1.165) is 0 Å². The van der Waals surface area contributed by atoms with Gasteiger partial charge in [0.2, 0.25) is 0 Å². The zero-order valence-electron chi connectivity index (χ0n) is 13.3. The topological polar surface area (TPSA) is 318 Å². The average molecular weight is 550 g/mol. The second-order valence-corrected chi connectivity index (χ2v) is 10.2. The van der Waals surface area contributed by atoms with Gasteiger partial charge in [0.15, 0.2) is 0 Å². The first-order valence-electron chi connectivity index (χ1n) is 6.26. The highest BCUT2D eigenvalue weighted by molar-refractivity contribution is 7.82. The Morgan fingerprint density at radius 2 is 0.433 bits per heavy atom. The van der Waals surface area contributed by atoms with Gasteiger partial charge < -0.3 is 0 Å². The highest BCUT2D eigenvalue weighted by atomic mass is 32.3. The molecule has 180 valence electrons. The predicted molar refractivity (Wildman–Crippen MR) is 82.1 cm³/mol. The van der Waals surface area contributed by atoms with Crippen molar-refractivity contribution in [3.8, 4) is 0 Å². The third-order valence-corrected chi connectivity index (χ3v) is 5.11. The summed E-state index contributed by atoms with van der Waals surface area (Å²) in [4.78, 5) is 0. The lowest BCUT2D eigenvalue weighted by atomic mass is 10.2. The number of rotatable bonds is 10. The minimum absolute atomic E-state index is 3.00. The van der Waals surface area contributed by atoms with Gasteiger partial charge in [-0.25, -0.2) is 20.9 Å². The SMILES string of the molecule is O=S(=O)(O)OC1C(OS(=O)(=O)O)C(OS(=O)(=O)O)C(OS(=O)(=O)O)C1OS(=O)(=O)O. The van der Waals surface area contributed by atoms with Gasteiger partial charge in [0, 0.05) is 0 Å². The fraction of sp³-hybridized carbons (Fsp3) is 1.00. The van der Waals surface area contributed by atoms with Crippen molar-refractivity contribution in [3.05, 3.63) is 0 Å². The van der Waals surface area contributed by atoms with E-state index in [1.54, 1.807) is 0 Å². The molecule has 0 amide bonds. The molecule has 20 nitrogen and oxygen atoms in total. The second-order valence-electron chi connectivity index (χ2n) is 4.94. The number of hydrogen-bond acceptors (Lipinski definition) is 15. The Morgan fingerprint density at radius 3 is 0.500 bits per heavy atom. The maximum atomic E-state index is 11.0. The summed E-state index contributed by atoms with van der Waals surface area (Å²) in [5, 5.41) is 0. The van der Waals surface area contributed by atoms with Gasteiger partial charge in [-0.15, -0.1) is 0 Å². The first kappa shape index (κ1) is 27.4. The zero-order valence-corrected chi connectivity index (χ0v) is 17.4. The molecule has 0 saturated heterocycles. The first-order valence-corrected chi connectivity index (χ1v) is 13.1. The lowest BCUT2D eigenvalue weighted by Gasteiger charge is -2.21. The molecule has 0 radical (unpaired) electrons. The molecule has 0 aliphatic heterocycles. The van der Waals surface area contributed by atoms with Crippen LogP contribution in [0.3, 0.4) is 0 Å². The molecule has 1 aliphatic rings. The van der Waals surface area contributed by atoms with E-state index < -0.39 is 82.5 Å². The van der Waals surface area contributed by atoms with E-state index in [1.807, 2.05) is 0 Å². The van der Waals surface area contributed by atoms with Gasteiger partial charge in [-0.2, -0.15) is 42.1 Å². The normalized spacial score (nSPS) is 29.2. The van der Waals surface area contributed by atoms with Crippen molar-refractivity contribution in [2.45, 2.75) is 30.5 Å². The summed E-state index contributed by atoms with van der Waals surface area (Å²) in [6, 6.07) is 0. The molecule has 0 aromatic heterocycles. The third-order valence-electron chi connectivity index (χ3n) is 2.78. The molecule has 0 bridgehead atoms. The van der Waals surface area contributed by atoms with Gasteiger partial charge in [-0.1, -0.05) is 0 Å². The van der Waals surface area contributed by atoms with E-state index in [9.17, 15) is 42.1 Å². The van der Waals surface area contributed by atoms with Crippen LogP contribution in [-0.2, 0) is 72.9 Å². The highest BCUT2D eigenvalue weighted by Crippen LogP contribution is 2.37. The maximum Gasteiger partial charge on any atom is 0.397 e. The van der Waals surface area contributed by atoms with E-state index in [2.05, 4.69) is 20.9 Å². The van der Waals surface area contributed by atoms with Crippen LogP contribution in [0.25, 0.3) is 0 Å². The Balaban J connectivity index is 3.77. The van der Waals surface area contributed by atoms with Gasteiger partial charge in [-0.05, 0) is 0 Å². The molecule has 0 heterocycles. The molecule has 1 aliphatic carbocycles. The quantitative estimate of drug-likeness (QED) is 0.161. The van der Waals surface area contributed by atoms with Crippen molar-refractivity contribution in [2.75, 3.05) is 0 Å². The zero-order chi connectivity index (χ0) is 23.9. The molecular formula is C5H10O20S5. The highest BCUT2D eigenvalue weighted by Gasteiger charge is 2.61. The maximum absolute atomic E-state index is 11.0. The summed E-state index contributed by atoms with van der Waals surface area (Å²) in [6.07, 6.45) is -15.0. The van der Waals surface area contributed by atoms with E-state index in [-0.39, 0.29) is 0 Å². The average Bonchev–Trinajstić information content (AvgIpc) is 2.57. The van der Waals surface area contributed by atoms with Crippen molar-refractivity contribution >= 4 is 52.0 Å². The van der Waals surface area contributed by atoms with Crippen LogP contribution in [0.5, 0.6) is 0 Å². The second kappa shape index (κ2) is 8.71. The van der Waals surface area contributed by atoms with Crippen LogP contribution in [-0.4, -0.2) is 95.4 Å². The standard InChI is InChI=1S/C5H10O20S5/c6-26(7,8)21-1-2(22-27(9,10)11)4(24-29(15,16)17)5(25-30(18,19)20)3(1)23-28(12,13)14/h1-5H,(H,6,7,8)(H,9,10,11)(H,12,13,14)(H,15,16,17)(H,18,19,20). The van der Waals surface area contributed by atoms with Crippen LogP contribution in [0, 0.1) is 0 Å². The summed E-state index contributed by atoms with van der Waals surface area (Å²) in [5.74, 6) is 0. The van der Waals surface area contributed by atoms with Gasteiger partial charge in [0.05, 0.1) is 0 Å². The molecule has 25 heteroatoms. The molecule has 1 rings (SSSR count). The Morgan fingerprint density at radius 1 is 0.333 bits per heavy atom. The van der Waals surface area contributed by atoms with Gasteiger partial charge in [-0.3, -0.25) is 22.8 Å². The van der Waals surface area contributed by atoms with Gasteiger partial charge in [0.25, 0.3) is 0 Å². The minimum atomic E-state index is -5.77. The van der Waals surface area contributed by atoms with Crippen LogP contribution in [0.1, 0.15) is 0 Å². The minimum Gasteiger partial charge on any atom is -0.264 e. The lowest BCUT2D eigenvalue weighted by molar-refractivity contribution is -0.00877. The lowest BCUT2D eigenvalue weighted by Crippen LogP contribution is -2.42. The Hall–Kier alpha value is -0.650. The van der Waals surface area contributed by atoms with Crippen LogP contribution in [0.4, 0.5) is 0 Å². The molecule has 0 unspecified atom stereocenters. The third kappa shape index (κ3) is 9.65. The Kier molecular flexibility index (Phi) is 7.95. The van der Waals surface area contributed by atoms with E-state index in [0.29, 0.717) is 0 Å². The first-order chi connectivity index (χ1) is 13.0. The monoisotopic (exact) mass is 550 g/mol. The van der Waals surface area contributed by atoms with Crippen molar-refractivity contribution in [1.29, 1.82) is 0 Å². The molecule has 30 heavy (non-hydrogen) atoms.